The largest absolute Gasteiger partial charge is 0.493 e. The second-order valence-electron chi connectivity index (χ2n) is 8.86. The summed E-state index contributed by atoms with van der Waals surface area (Å²) in [5, 5.41) is 3.32. The van der Waals surface area contributed by atoms with Crippen molar-refractivity contribution in [3.8, 4) is 17.2 Å². The van der Waals surface area contributed by atoms with E-state index in [1.807, 2.05) is 19.1 Å². The zero-order valence-corrected chi connectivity index (χ0v) is 19.8. The van der Waals surface area contributed by atoms with Crippen LogP contribution in [0.4, 0.5) is 0 Å². The van der Waals surface area contributed by atoms with Crippen LogP contribution in [0.2, 0.25) is 0 Å². The highest BCUT2D eigenvalue weighted by Crippen LogP contribution is 2.40. The van der Waals surface area contributed by atoms with Crippen molar-refractivity contribution in [3.05, 3.63) is 17.7 Å². The van der Waals surface area contributed by atoms with Gasteiger partial charge in [-0.3, -0.25) is 14.6 Å². The van der Waals surface area contributed by atoms with Gasteiger partial charge in [0, 0.05) is 44.3 Å². The van der Waals surface area contributed by atoms with Gasteiger partial charge < -0.3 is 19.5 Å². The number of ether oxygens (including phenoxy) is 3. The van der Waals surface area contributed by atoms with Crippen molar-refractivity contribution in [2.45, 2.75) is 58.2 Å². The number of hydrogen-bond acceptors (Lipinski definition) is 6. The minimum atomic E-state index is -0.0908. The molecule has 1 aromatic carbocycles. The van der Waals surface area contributed by atoms with E-state index in [2.05, 4.69) is 22.0 Å². The molecule has 1 amide bonds. The molecule has 2 fully saturated rings. The number of hydrogen-bond donors (Lipinski definition) is 1. The summed E-state index contributed by atoms with van der Waals surface area (Å²) in [5.74, 6) is 2.77. The topological polar surface area (TPSA) is 63.3 Å². The van der Waals surface area contributed by atoms with Gasteiger partial charge in [0.1, 0.15) is 0 Å². The molecule has 1 saturated carbocycles. The number of rotatable bonds is 8. The van der Waals surface area contributed by atoms with Crippen molar-refractivity contribution < 1.29 is 19.0 Å². The molecule has 0 spiro atoms. The number of piperazine rings is 1. The average molecular weight is 434 g/mol. The summed E-state index contributed by atoms with van der Waals surface area (Å²) in [4.78, 5) is 17.5. The Labute approximate surface area is 187 Å². The lowest BCUT2D eigenvalue weighted by Gasteiger charge is -2.38. The Kier molecular flexibility index (Phi) is 8.43. The molecule has 0 unspecified atom stereocenters. The van der Waals surface area contributed by atoms with Crippen molar-refractivity contribution in [1.82, 2.24) is 15.1 Å². The minimum absolute atomic E-state index is 0.0908. The van der Waals surface area contributed by atoms with Crippen molar-refractivity contribution in [1.29, 1.82) is 0 Å². The number of methoxy groups -OCH3 is 3. The Morgan fingerprint density at radius 3 is 2.32 bits per heavy atom. The lowest BCUT2D eigenvalue weighted by atomic mass is 9.86. The van der Waals surface area contributed by atoms with Crippen LogP contribution < -0.4 is 19.5 Å². The van der Waals surface area contributed by atoms with E-state index in [9.17, 15) is 4.79 Å². The van der Waals surface area contributed by atoms with Crippen LogP contribution in [-0.4, -0.2) is 75.3 Å². The second-order valence-corrected chi connectivity index (χ2v) is 8.86. The summed E-state index contributed by atoms with van der Waals surface area (Å²) < 4.78 is 16.5. The van der Waals surface area contributed by atoms with Gasteiger partial charge >= 0.3 is 0 Å². The van der Waals surface area contributed by atoms with Crippen molar-refractivity contribution in [2.75, 3.05) is 47.5 Å². The van der Waals surface area contributed by atoms with Gasteiger partial charge in [0.05, 0.1) is 27.4 Å². The summed E-state index contributed by atoms with van der Waals surface area (Å²) >= 11 is 0. The van der Waals surface area contributed by atoms with Crippen molar-refractivity contribution in [3.63, 3.8) is 0 Å². The third kappa shape index (κ3) is 5.63. The minimum Gasteiger partial charge on any atom is -0.493 e. The number of nitrogens with zero attached hydrogens (tertiary/aromatic N) is 2. The van der Waals surface area contributed by atoms with E-state index in [1.165, 1.54) is 19.3 Å². The molecule has 1 aliphatic heterocycles. The van der Waals surface area contributed by atoms with Gasteiger partial charge in [0.2, 0.25) is 11.7 Å². The molecule has 1 heterocycles. The molecule has 3 rings (SSSR count). The highest BCUT2D eigenvalue weighted by atomic mass is 16.5. The van der Waals surface area contributed by atoms with Crippen LogP contribution in [-0.2, 0) is 11.3 Å². The van der Waals surface area contributed by atoms with E-state index in [1.54, 1.807) is 21.3 Å². The molecule has 7 nitrogen and oxygen atoms in total. The molecule has 7 heteroatoms. The molecule has 1 saturated heterocycles. The van der Waals surface area contributed by atoms with Crippen LogP contribution in [0.15, 0.2) is 12.1 Å². The average Bonchev–Trinajstić information content (AvgIpc) is 2.80. The van der Waals surface area contributed by atoms with Gasteiger partial charge in [-0.05, 0) is 31.7 Å². The summed E-state index contributed by atoms with van der Waals surface area (Å²) in [6.07, 6.45) is 4.84. The summed E-state index contributed by atoms with van der Waals surface area (Å²) in [5.41, 5.74) is 1.07. The Morgan fingerprint density at radius 2 is 1.71 bits per heavy atom. The normalized spacial score (nSPS) is 23.8. The summed E-state index contributed by atoms with van der Waals surface area (Å²) in [6.45, 7) is 8.65. The quantitative estimate of drug-likeness (QED) is 0.680. The molecule has 3 atom stereocenters. The Morgan fingerprint density at radius 1 is 1.03 bits per heavy atom. The molecule has 1 aliphatic carbocycles. The van der Waals surface area contributed by atoms with E-state index in [0.29, 0.717) is 23.5 Å². The van der Waals surface area contributed by atoms with Crippen molar-refractivity contribution in [2.24, 2.45) is 5.92 Å². The fourth-order valence-corrected chi connectivity index (χ4v) is 4.84. The van der Waals surface area contributed by atoms with Gasteiger partial charge in [-0.1, -0.05) is 25.8 Å². The van der Waals surface area contributed by atoms with Gasteiger partial charge in [-0.25, -0.2) is 0 Å². The number of carbonyl (C=O) groups is 1. The second kappa shape index (κ2) is 11.0. The molecule has 0 radical (unpaired) electrons. The van der Waals surface area contributed by atoms with Gasteiger partial charge in [-0.15, -0.1) is 0 Å². The van der Waals surface area contributed by atoms with Crippen LogP contribution in [0.5, 0.6) is 17.2 Å². The maximum absolute atomic E-state index is 12.8. The van der Waals surface area contributed by atoms with Gasteiger partial charge in [0.25, 0.3) is 0 Å². The van der Waals surface area contributed by atoms with Crippen molar-refractivity contribution >= 4 is 5.91 Å². The van der Waals surface area contributed by atoms with E-state index >= 15 is 0 Å². The van der Waals surface area contributed by atoms with E-state index in [4.69, 9.17) is 14.2 Å². The predicted molar refractivity (Wildman–Crippen MR) is 122 cm³/mol. The van der Waals surface area contributed by atoms with E-state index in [-0.39, 0.29) is 11.9 Å². The van der Waals surface area contributed by atoms with Crippen LogP contribution in [0.25, 0.3) is 0 Å². The summed E-state index contributed by atoms with van der Waals surface area (Å²) in [6, 6.07) is 4.20. The van der Waals surface area contributed by atoms with E-state index < -0.39 is 0 Å². The number of carbonyl (C=O) groups excluding carboxylic acids is 1. The van der Waals surface area contributed by atoms with Gasteiger partial charge in [0.15, 0.2) is 11.5 Å². The Hall–Kier alpha value is -1.99. The predicted octanol–water partition coefficient (Wildman–Crippen LogP) is 2.91. The lowest BCUT2D eigenvalue weighted by molar-refractivity contribution is -0.127. The first-order valence-electron chi connectivity index (χ1n) is 11.5. The molecule has 0 aromatic heterocycles. The first kappa shape index (κ1) is 23.7. The van der Waals surface area contributed by atoms with Crippen LogP contribution in [0.3, 0.4) is 0 Å². The smallest absolute Gasteiger partial charge is 0.237 e. The Balaban J connectivity index is 1.54. The van der Waals surface area contributed by atoms with Gasteiger partial charge in [-0.2, -0.15) is 0 Å². The zero-order chi connectivity index (χ0) is 22.4. The number of benzene rings is 1. The first-order chi connectivity index (χ1) is 15.0. The lowest BCUT2D eigenvalue weighted by Crippen LogP contribution is -2.55. The third-order valence-corrected chi connectivity index (χ3v) is 6.95. The van der Waals surface area contributed by atoms with Crippen LogP contribution in [0, 0.1) is 5.92 Å². The first-order valence-corrected chi connectivity index (χ1v) is 11.5. The SMILES string of the molecule is COc1ccc(CN2CCN([C@H](C)C(=O)N[C@@H]3CCCC[C@H]3C)CC2)c(OC)c1OC. The highest BCUT2D eigenvalue weighted by Gasteiger charge is 2.29. The molecule has 2 aliphatic rings. The standard InChI is InChI=1S/C24H39N3O4/c1-17-8-6-7-9-20(17)25-24(28)18(2)27-14-12-26(13-15-27)16-19-10-11-21(29-3)23(31-5)22(19)30-4/h10-11,17-18,20H,6-9,12-16H2,1-5H3,(H,25,28)/t17-,18-,20-/m1/s1. The molecule has 1 aromatic rings. The third-order valence-electron chi connectivity index (χ3n) is 6.95. The maximum Gasteiger partial charge on any atom is 0.237 e. The number of nitrogens with one attached hydrogen (secondary N) is 1. The molecule has 174 valence electrons. The highest BCUT2D eigenvalue weighted by molar-refractivity contribution is 5.81. The molecule has 1 N–H and O–H groups in total. The zero-order valence-electron chi connectivity index (χ0n) is 19.8. The van der Waals surface area contributed by atoms with E-state index in [0.717, 1.165) is 50.5 Å². The molecular formula is C24H39N3O4. The maximum atomic E-state index is 12.8. The monoisotopic (exact) mass is 433 g/mol. The Bertz CT molecular complexity index is 734. The fraction of sp³-hybridized carbons (Fsp3) is 0.708. The van der Waals surface area contributed by atoms with Crippen LogP contribution >= 0.6 is 0 Å². The molecular weight excluding hydrogens is 394 g/mol. The number of amides is 1. The fourth-order valence-electron chi connectivity index (χ4n) is 4.84. The molecule has 31 heavy (non-hydrogen) atoms. The van der Waals surface area contributed by atoms with Crippen LogP contribution in [0.1, 0.15) is 45.1 Å². The summed E-state index contributed by atoms with van der Waals surface area (Å²) in [7, 11) is 4.91. The molecule has 0 bridgehead atoms.